The summed E-state index contributed by atoms with van der Waals surface area (Å²) in [4.78, 5) is 26.5. The first-order valence-corrected chi connectivity index (χ1v) is 10.0. The number of carbonyl (C=O) groups excluding carboxylic acids is 2. The standard InChI is InChI=1S/C21H33N3O3.ClH/c1-4-22-15-17-10-12-24(13-11-17)21(26)14-19(23-16(3)25)18-8-6-7-9-20(18)27-5-2;/h6-9,17,19,22H,4-5,10-15H2,1-3H3,(H,23,25);1H. The number of rotatable bonds is 9. The van der Waals surface area contributed by atoms with E-state index in [9.17, 15) is 9.59 Å². The fourth-order valence-corrected chi connectivity index (χ4v) is 3.58. The number of amides is 2. The van der Waals surface area contributed by atoms with Crippen molar-refractivity contribution in [2.24, 2.45) is 5.92 Å². The minimum Gasteiger partial charge on any atom is -0.494 e. The highest BCUT2D eigenvalue weighted by molar-refractivity contribution is 5.85. The Balaban J connectivity index is 0.00000392. The van der Waals surface area contributed by atoms with Crippen LogP contribution in [-0.2, 0) is 9.59 Å². The van der Waals surface area contributed by atoms with Crippen LogP contribution in [0.5, 0.6) is 5.75 Å². The van der Waals surface area contributed by atoms with E-state index in [0.29, 0.717) is 12.5 Å². The highest BCUT2D eigenvalue weighted by atomic mass is 35.5. The van der Waals surface area contributed by atoms with Crippen molar-refractivity contribution in [2.75, 3.05) is 32.8 Å². The quantitative estimate of drug-likeness (QED) is 0.655. The van der Waals surface area contributed by atoms with Crippen molar-refractivity contribution in [3.8, 4) is 5.75 Å². The van der Waals surface area contributed by atoms with Crippen molar-refractivity contribution in [3.63, 3.8) is 0 Å². The van der Waals surface area contributed by atoms with Crippen LogP contribution in [-0.4, -0.2) is 49.5 Å². The number of carbonyl (C=O) groups is 2. The van der Waals surface area contributed by atoms with Gasteiger partial charge in [-0.2, -0.15) is 0 Å². The number of nitrogens with one attached hydrogen (secondary N) is 2. The topological polar surface area (TPSA) is 70.7 Å². The van der Waals surface area contributed by atoms with Crippen molar-refractivity contribution >= 4 is 24.2 Å². The van der Waals surface area contributed by atoms with Gasteiger partial charge in [-0.15, -0.1) is 12.4 Å². The van der Waals surface area contributed by atoms with Crippen molar-refractivity contribution in [2.45, 2.75) is 46.1 Å². The van der Waals surface area contributed by atoms with E-state index in [1.54, 1.807) is 0 Å². The predicted molar refractivity (Wildman–Crippen MR) is 114 cm³/mol. The lowest BCUT2D eigenvalue weighted by atomic mass is 9.95. The number of ether oxygens (including phenoxy) is 1. The van der Waals surface area contributed by atoms with E-state index < -0.39 is 0 Å². The van der Waals surface area contributed by atoms with Gasteiger partial charge in [0.15, 0.2) is 0 Å². The first-order valence-electron chi connectivity index (χ1n) is 10.0. The number of nitrogens with zero attached hydrogens (tertiary/aromatic N) is 1. The molecule has 2 amide bonds. The Bertz CT molecular complexity index is 619. The zero-order valence-electron chi connectivity index (χ0n) is 17.2. The molecule has 0 aliphatic carbocycles. The summed E-state index contributed by atoms with van der Waals surface area (Å²) in [7, 11) is 0. The van der Waals surface area contributed by atoms with E-state index in [0.717, 1.165) is 50.3 Å². The van der Waals surface area contributed by atoms with Crippen LogP contribution in [0, 0.1) is 5.92 Å². The van der Waals surface area contributed by atoms with Crippen molar-refractivity contribution in [1.82, 2.24) is 15.5 Å². The molecule has 1 saturated heterocycles. The van der Waals surface area contributed by atoms with Crippen LogP contribution in [0.2, 0.25) is 0 Å². The molecule has 1 fully saturated rings. The molecule has 0 spiro atoms. The summed E-state index contributed by atoms with van der Waals surface area (Å²) < 4.78 is 5.70. The van der Waals surface area contributed by atoms with Crippen molar-refractivity contribution in [3.05, 3.63) is 29.8 Å². The third-order valence-corrected chi connectivity index (χ3v) is 5.00. The lowest BCUT2D eigenvalue weighted by Gasteiger charge is -2.33. The Morgan fingerprint density at radius 1 is 1.21 bits per heavy atom. The first-order chi connectivity index (χ1) is 13.0. The molecular formula is C21H34ClN3O3. The third kappa shape index (κ3) is 7.32. The van der Waals surface area contributed by atoms with Crippen LogP contribution < -0.4 is 15.4 Å². The minimum atomic E-state index is -0.378. The summed E-state index contributed by atoms with van der Waals surface area (Å²) in [6.07, 6.45) is 2.31. The molecule has 2 rings (SSSR count). The monoisotopic (exact) mass is 411 g/mol. The molecule has 1 aromatic carbocycles. The maximum atomic E-state index is 12.9. The van der Waals surface area contributed by atoms with E-state index in [-0.39, 0.29) is 36.7 Å². The highest BCUT2D eigenvalue weighted by Crippen LogP contribution is 2.28. The molecular weight excluding hydrogens is 378 g/mol. The molecule has 0 saturated carbocycles. The average Bonchev–Trinajstić information content (AvgIpc) is 2.66. The number of piperidine rings is 1. The summed E-state index contributed by atoms with van der Waals surface area (Å²) in [6.45, 7) is 9.63. The molecule has 1 atom stereocenters. The second kappa shape index (κ2) is 12.6. The van der Waals surface area contributed by atoms with E-state index in [2.05, 4.69) is 17.6 Å². The number of benzene rings is 1. The molecule has 1 aliphatic heterocycles. The molecule has 28 heavy (non-hydrogen) atoms. The lowest BCUT2D eigenvalue weighted by molar-refractivity contribution is -0.133. The predicted octanol–water partition coefficient (Wildman–Crippen LogP) is 2.92. The molecule has 6 nitrogen and oxygen atoms in total. The largest absolute Gasteiger partial charge is 0.494 e. The normalized spacial score (nSPS) is 15.5. The van der Waals surface area contributed by atoms with Gasteiger partial charge in [0.1, 0.15) is 5.75 Å². The van der Waals surface area contributed by atoms with Gasteiger partial charge in [0.25, 0.3) is 0 Å². The van der Waals surface area contributed by atoms with Crippen LogP contribution in [0.3, 0.4) is 0 Å². The molecule has 0 bridgehead atoms. The summed E-state index contributed by atoms with van der Waals surface area (Å²) in [6, 6.07) is 7.23. The molecule has 0 radical (unpaired) electrons. The van der Waals surface area contributed by atoms with Gasteiger partial charge < -0.3 is 20.3 Å². The molecule has 7 heteroatoms. The smallest absolute Gasteiger partial charge is 0.224 e. The maximum Gasteiger partial charge on any atom is 0.224 e. The minimum absolute atomic E-state index is 0. The lowest BCUT2D eigenvalue weighted by Crippen LogP contribution is -2.42. The number of hydrogen-bond donors (Lipinski definition) is 2. The molecule has 1 unspecified atom stereocenters. The zero-order chi connectivity index (χ0) is 19.6. The average molecular weight is 412 g/mol. The second-order valence-corrected chi connectivity index (χ2v) is 7.06. The molecule has 1 aromatic rings. The van der Waals surface area contributed by atoms with Crippen LogP contribution in [0.25, 0.3) is 0 Å². The fraction of sp³-hybridized carbons (Fsp3) is 0.619. The number of halogens is 1. The molecule has 0 aromatic heterocycles. The van der Waals surface area contributed by atoms with Gasteiger partial charge in [0, 0.05) is 25.6 Å². The molecule has 1 aliphatic rings. The van der Waals surface area contributed by atoms with E-state index >= 15 is 0 Å². The van der Waals surface area contributed by atoms with Gasteiger partial charge in [-0.1, -0.05) is 25.1 Å². The Morgan fingerprint density at radius 3 is 2.50 bits per heavy atom. The zero-order valence-corrected chi connectivity index (χ0v) is 18.0. The molecule has 2 N–H and O–H groups in total. The molecule has 1 heterocycles. The summed E-state index contributed by atoms with van der Waals surface area (Å²) in [5.41, 5.74) is 0.852. The van der Waals surface area contributed by atoms with Crippen LogP contribution in [0.15, 0.2) is 24.3 Å². The van der Waals surface area contributed by atoms with Gasteiger partial charge in [-0.05, 0) is 44.8 Å². The third-order valence-electron chi connectivity index (χ3n) is 5.00. The van der Waals surface area contributed by atoms with E-state index in [4.69, 9.17) is 4.74 Å². The van der Waals surface area contributed by atoms with Gasteiger partial charge in [-0.3, -0.25) is 9.59 Å². The van der Waals surface area contributed by atoms with Crippen LogP contribution in [0.1, 0.15) is 51.6 Å². The Kier molecular flexibility index (Phi) is 10.9. The Morgan fingerprint density at radius 2 is 1.89 bits per heavy atom. The van der Waals surface area contributed by atoms with Crippen molar-refractivity contribution in [1.29, 1.82) is 0 Å². The summed E-state index contributed by atoms with van der Waals surface area (Å²) in [5.74, 6) is 1.29. The summed E-state index contributed by atoms with van der Waals surface area (Å²) >= 11 is 0. The molecule has 158 valence electrons. The highest BCUT2D eigenvalue weighted by Gasteiger charge is 2.26. The number of likely N-dealkylation sites (tertiary alicyclic amines) is 1. The summed E-state index contributed by atoms with van der Waals surface area (Å²) in [5, 5.41) is 6.32. The van der Waals surface area contributed by atoms with Gasteiger partial charge in [-0.25, -0.2) is 0 Å². The second-order valence-electron chi connectivity index (χ2n) is 7.06. The van der Waals surface area contributed by atoms with E-state index in [1.807, 2.05) is 36.1 Å². The number of hydrogen-bond acceptors (Lipinski definition) is 4. The van der Waals surface area contributed by atoms with E-state index in [1.165, 1.54) is 6.92 Å². The van der Waals surface area contributed by atoms with Crippen LogP contribution in [0.4, 0.5) is 0 Å². The Labute approximate surface area is 174 Å². The van der Waals surface area contributed by atoms with Gasteiger partial charge >= 0.3 is 0 Å². The fourth-order valence-electron chi connectivity index (χ4n) is 3.58. The Hall–Kier alpha value is -1.79. The number of para-hydroxylation sites is 1. The first kappa shape index (κ1) is 24.2. The van der Waals surface area contributed by atoms with Gasteiger partial charge in [0.2, 0.25) is 11.8 Å². The van der Waals surface area contributed by atoms with Crippen LogP contribution >= 0.6 is 12.4 Å². The SMILES string of the molecule is CCNCC1CCN(C(=O)CC(NC(C)=O)c2ccccc2OCC)CC1.Cl. The van der Waals surface area contributed by atoms with Crippen molar-refractivity contribution < 1.29 is 14.3 Å². The van der Waals surface area contributed by atoms with Gasteiger partial charge in [0.05, 0.1) is 19.1 Å². The maximum absolute atomic E-state index is 12.9.